The first-order chi connectivity index (χ1) is 12.0. The second kappa shape index (κ2) is 7.08. The predicted octanol–water partition coefficient (Wildman–Crippen LogP) is 4.36. The normalized spacial score (nSPS) is 20.9. The Morgan fingerprint density at radius 3 is 2.44 bits per heavy atom. The summed E-state index contributed by atoms with van der Waals surface area (Å²) in [6.07, 6.45) is 5.34. The van der Waals surface area contributed by atoms with Crippen molar-refractivity contribution in [3.05, 3.63) is 88.5 Å². The van der Waals surface area contributed by atoms with E-state index in [1.165, 1.54) is 7.11 Å². The number of benzene rings is 2. The van der Waals surface area contributed by atoms with Crippen LogP contribution >= 0.6 is 11.6 Å². The van der Waals surface area contributed by atoms with E-state index < -0.39 is 11.4 Å². The number of carbonyl (C=O) groups excluding carboxylic acids is 2. The lowest BCUT2D eigenvalue weighted by Crippen LogP contribution is -2.34. The Hall–Kier alpha value is -2.65. The highest BCUT2D eigenvalue weighted by atomic mass is 35.5. The highest BCUT2D eigenvalue weighted by Crippen LogP contribution is 2.39. The topological polar surface area (TPSA) is 43.4 Å². The third-order valence-electron chi connectivity index (χ3n) is 4.35. The number of allylic oxidation sites excluding steroid dienone is 3. The SMILES string of the molecule is COC(=O)C[C@@]1(c2ccccc2)C=C/C(=C\c2ccc(Cl)cc2)C1=O. The molecule has 3 rings (SSSR count). The molecule has 0 saturated heterocycles. The van der Waals surface area contributed by atoms with Crippen molar-refractivity contribution in [3.63, 3.8) is 0 Å². The molecule has 0 spiro atoms. The molecule has 1 aliphatic carbocycles. The molecular weight excluding hydrogens is 336 g/mol. The van der Waals surface area contributed by atoms with Crippen LogP contribution in [0.5, 0.6) is 0 Å². The number of carbonyl (C=O) groups is 2. The average molecular weight is 353 g/mol. The molecule has 0 aromatic heterocycles. The summed E-state index contributed by atoms with van der Waals surface area (Å²) in [6, 6.07) is 16.5. The molecular formula is C21H17ClO3. The van der Waals surface area contributed by atoms with Gasteiger partial charge in [0.25, 0.3) is 0 Å². The third-order valence-corrected chi connectivity index (χ3v) is 4.60. The van der Waals surface area contributed by atoms with E-state index in [1.807, 2.05) is 42.5 Å². The van der Waals surface area contributed by atoms with Gasteiger partial charge in [-0.05, 0) is 29.3 Å². The van der Waals surface area contributed by atoms with Crippen LogP contribution in [0.1, 0.15) is 17.5 Å². The molecule has 2 aromatic rings. The summed E-state index contributed by atoms with van der Waals surface area (Å²) >= 11 is 5.90. The maximum absolute atomic E-state index is 13.2. The van der Waals surface area contributed by atoms with Gasteiger partial charge < -0.3 is 4.74 Å². The van der Waals surface area contributed by atoms with Crippen LogP contribution in [0, 0.1) is 0 Å². The van der Waals surface area contributed by atoms with Gasteiger partial charge in [-0.2, -0.15) is 0 Å². The molecule has 25 heavy (non-hydrogen) atoms. The Kier molecular flexibility index (Phi) is 4.86. The lowest BCUT2D eigenvalue weighted by Gasteiger charge is -2.25. The summed E-state index contributed by atoms with van der Waals surface area (Å²) in [5, 5.41) is 0.639. The van der Waals surface area contributed by atoms with Crippen LogP contribution in [0.3, 0.4) is 0 Å². The fourth-order valence-corrected chi connectivity index (χ4v) is 3.12. The summed E-state index contributed by atoms with van der Waals surface area (Å²) in [6.45, 7) is 0. The minimum atomic E-state index is -1.02. The van der Waals surface area contributed by atoms with Crippen molar-refractivity contribution in [1.29, 1.82) is 0 Å². The lowest BCUT2D eigenvalue weighted by atomic mass is 9.75. The van der Waals surface area contributed by atoms with Crippen LogP contribution in [-0.2, 0) is 19.7 Å². The zero-order valence-electron chi connectivity index (χ0n) is 13.7. The second-order valence-electron chi connectivity index (χ2n) is 5.90. The fourth-order valence-electron chi connectivity index (χ4n) is 3.00. The first-order valence-electron chi connectivity index (χ1n) is 7.89. The third kappa shape index (κ3) is 3.42. The Morgan fingerprint density at radius 2 is 1.80 bits per heavy atom. The number of methoxy groups -OCH3 is 1. The molecule has 0 radical (unpaired) electrons. The fraction of sp³-hybridized carbons (Fsp3) is 0.143. The monoisotopic (exact) mass is 352 g/mol. The number of esters is 1. The number of ether oxygens (including phenoxy) is 1. The largest absolute Gasteiger partial charge is 0.469 e. The molecule has 0 unspecified atom stereocenters. The molecule has 1 aliphatic rings. The first-order valence-corrected chi connectivity index (χ1v) is 8.26. The van der Waals surface area contributed by atoms with E-state index in [0.29, 0.717) is 10.6 Å². The van der Waals surface area contributed by atoms with Crippen LogP contribution in [0.2, 0.25) is 5.02 Å². The number of hydrogen-bond donors (Lipinski definition) is 0. The van der Waals surface area contributed by atoms with Crippen molar-refractivity contribution < 1.29 is 14.3 Å². The van der Waals surface area contributed by atoms with E-state index in [1.54, 1.807) is 30.4 Å². The maximum atomic E-state index is 13.2. The van der Waals surface area contributed by atoms with Gasteiger partial charge in [0.1, 0.15) is 0 Å². The quantitative estimate of drug-likeness (QED) is 0.606. The summed E-state index contributed by atoms with van der Waals surface area (Å²) in [7, 11) is 1.33. The van der Waals surface area contributed by atoms with Gasteiger partial charge in [0.05, 0.1) is 18.9 Å². The zero-order valence-corrected chi connectivity index (χ0v) is 14.5. The molecule has 0 saturated carbocycles. The molecule has 0 bridgehead atoms. The maximum Gasteiger partial charge on any atom is 0.307 e. The Bertz CT molecular complexity index is 850. The summed E-state index contributed by atoms with van der Waals surface area (Å²) < 4.78 is 4.81. The smallest absolute Gasteiger partial charge is 0.307 e. The molecule has 0 heterocycles. The van der Waals surface area contributed by atoms with Gasteiger partial charge in [0, 0.05) is 10.6 Å². The summed E-state index contributed by atoms with van der Waals surface area (Å²) in [4.78, 5) is 25.1. The van der Waals surface area contributed by atoms with Gasteiger partial charge >= 0.3 is 5.97 Å². The van der Waals surface area contributed by atoms with Gasteiger partial charge in [-0.15, -0.1) is 0 Å². The molecule has 3 nitrogen and oxygen atoms in total. The Balaban J connectivity index is 2.01. The molecule has 1 atom stereocenters. The van der Waals surface area contributed by atoms with Gasteiger partial charge in [0.15, 0.2) is 5.78 Å². The van der Waals surface area contributed by atoms with Crippen LogP contribution in [-0.4, -0.2) is 18.9 Å². The van der Waals surface area contributed by atoms with Crippen LogP contribution in [0.15, 0.2) is 72.3 Å². The molecule has 2 aromatic carbocycles. The number of rotatable bonds is 4. The van der Waals surface area contributed by atoms with E-state index in [9.17, 15) is 9.59 Å². The van der Waals surface area contributed by atoms with E-state index in [0.717, 1.165) is 11.1 Å². The van der Waals surface area contributed by atoms with Gasteiger partial charge in [-0.25, -0.2) is 0 Å². The van der Waals surface area contributed by atoms with Crippen LogP contribution in [0.25, 0.3) is 6.08 Å². The average Bonchev–Trinajstić information content (AvgIpc) is 2.95. The van der Waals surface area contributed by atoms with E-state index >= 15 is 0 Å². The molecule has 0 amide bonds. The Labute approximate surface area is 151 Å². The van der Waals surface area contributed by atoms with Crippen molar-refractivity contribution in [1.82, 2.24) is 0 Å². The number of halogens is 1. The second-order valence-corrected chi connectivity index (χ2v) is 6.34. The molecule has 0 N–H and O–H groups in total. The van der Waals surface area contributed by atoms with E-state index in [4.69, 9.17) is 16.3 Å². The lowest BCUT2D eigenvalue weighted by molar-refractivity contribution is -0.143. The van der Waals surface area contributed by atoms with Crippen molar-refractivity contribution in [3.8, 4) is 0 Å². The van der Waals surface area contributed by atoms with E-state index in [2.05, 4.69) is 0 Å². The minimum absolute atomic E-state index is 0.0270. The Morgan fingerprint density at radius 1 is 1.12 bits per heavy atom. The zero-order chi connectivity index (χ0) is 17.9. The number of hydrogen-bond acceptors (Lipinski definition) is 3. The van der Waals surface area contributed by atoms with Crippen molar-refractivity contribution in [2.45, 2.75) is 11.8 Å². The molecule has 0 fully saturated rings. The number of Topliss-reactive ketones (excluding diaryl/α,β-unsaturated/α-hetero) is 1. The predicted molar refractivity (Wildman–Crippen MR) is 98.3 cm³/mol. The highest BCUT2D eigenvalue weighted by Gasteiger charge is 2.44. The number of ketones is 1. The van der Waals surface area contributed by atoms with Gasteiger partial charge in [0.2, 0.25) is 0 Å². The summed E-state index contributed by atoms with van der Waals surface area (Å²) in [5.74, 6) is -0.534. The van der Waals surface area contributed by atoms with Gasteiger partial charge in [-0.3, -0.25) is 9.59 Å². The van der Waals surface area contributed by atoms with Crippen molar-refractivity contribution >= 4 is 29.4 Å². The van der Waals surface area contributed by atoms with Crippen LogP contribution in [0.4, 0.5) is 0 Å². The van der Waals surface area contributed by atoms with Crippen LogP contribution < -0.4 is 0 Å². The molecule has 4 heteroatoms. The van der Waals surface area contributed by atoms with Crippen molar-refractivity contribution in [2.75, 3.05) is 7.11 Å². The van der Waals surface area contributed by atoms with Gasteiger partial charge in [-0.1, -0.05) is 66.2 Å². The first kappa shape index (κ1) is 17.2. The van der Waals surface area contributed by atoms with Crippen molar-refractivity contribution in [2.24, 2.45) is 0 Å². The molecule has 126 valence electrons. The minimum Gasteiger partial charge on any atom is -0.469 e. The van der Waals surface area contributed by atoms with E-state index in [-0.39, 0.29) is 12.2 Å². The highest BCUT2D eigenvalue weighted by molar-refractivity contribution is 6.30. The standard InChI is InChI=1S/C21H17ClO3/c1-25-19(23)14-21(17-5-3-2-4-6-17)12-11-16(20(21)24)13-15-7-9-18(22)10-8-15/h2-13H,14H2,1H3/b16-13+/t21-/m1/s1. The summed E-state index contributed by atoms with van der Waals surface area (Å²) in [5.41, 5.74) is 1.18. The molecule has 0 aliphatic heterocycles.